The standard InChI is InChI=1S/C17H19N5O2/c1-24-14-3-4-15-12(7-14)6-13(21-15)8-18-17(23)11-2-5-16-19-10-20-22(16)9-11/h3-4,6-7,10-11,21H,2,5,8-9H2,1H3,(H,18,23). The van der Waals surface area contributed by atoms with Gasteiger partial charge in [-0.2, -0.15) is 5.10 Å². The van der Waals surface area contributed by atoms with Crippen molar-refractivity contribution in [3.8, 4) is 5.75 Å². The van der Waals surface area contributed by atoms with Gasteiger partial charge in [0.25, 0.3) is 0 Å². The van der Waals surface area contributed by atoms with Gasteiger partial charge in [-0.1, -0.05) is 0 Å². The van der Waals surface area contributed by atoms with Gasteiger partial charge in [0.2, 0.25) is 5.91 Å². The fraction of sp³-hybridized carbons (Fsp3) is 0.353. The molecule has 1 unspecified atom stereocenters. The molecule has 4 rings (SSSR count). The molecule has 0 bridgehead atoms. The second-order valence-corrected chi connectivity index (χ2v) is 6.06. The molecule has 2 aromatic heterocycles. The highest BCUT2D eigenvalue weighted by Gasteiger charge is 2.25. The van der Waals surface area contributed by atoms with E-state index in [1.807, 2.05) is 28.9 Å². The van der Waals surface area contributed by atoms with Crippen LogP contribution in [0.2, 0.25) is 0 Å². The molecule has 0 saturated carbocycles. The zero-order chi connectivity index (χ0) is 16.5. The average Bonchev–Trinajstić information content (AvgIpc) is 3.24. The molecule has 124 valence electrons. The van der Waals surface area contributed by atoms with Gasteiger partial charge < -0.3 is 15.0 Å². The minimum absolute atomic E-state index is 0.0522. The first-order chi connectivity index (χ1) is 11.7. The molecule has 0 fully saturated rings. The van der Waals surface area contributed by atoms with Crippen molar-refractivity contribution in [2.75, 3.05) is 7.11 Å². The summed E-state index contributed by atoms with van der Waals surface area (Å²) in [5.74, 6) is 1.79. The molecule has 1 aliphatic heterocycles. The van der Waals surface area contributed by atoms with E-state index in [0.717, 1.165) is 41.0 Å². The Hall–Kier alpha value is -2.83. The minimum Gasteiger partial charge on any atom is -0.497 e. The van der Waals surface area contributed by atoms with E-state index in [9.17, 15) is 4.79 Å². The highest BCUT2D eigenvalue weighted by molar-refractivity contribution is 5.82. The molecule has 7 nitrogen and oxygen atoms in total. The predicted molar refractivity (Wildman–Crippen MR) is 88.5 cm³/mol. The van der Waals surface area contributed by atoms with Crippen LogP contribution in [0.15, 0.2) is 30.6 Å². The number of aryl methyl sites for hydroxylation is 1. The molecule has 1 aliphatic rings. The normalized spacial score (nSPS) is 16.8. The van der Waals surface area contributed by atoms with Gasteiger partial charge in [0.1, 0.15) is 17.9 Å². The molecule has 0 saturated heterocycles. The van der Waals surface area contributed by atoms with Crippen molar-refractivity contribution in [1.82, 2.24) is 25.1 Å². The maximum Gasteiger partial charge on any atom is 0.225 e. The summed E-state index contributed by atoms with van der Waals surface area (Å²) in [5.41, 5.74) is 2.01. The number of carbonyl (C=O) groups excluding carboxylic acids is 1. The van der Waals surface area contributed by atoms with Crippen LogP contribution in [-0.2, 0) is 24.3 Å². The Labute approximate surface area is 139 Å². The Bertz CT molecular complexity index is 882. The monoisotopic (exact) mass is 325 g/mol. The fourth-order valence-corrected chi connectivity index (χ4v) is 3.17. The quantitative estimate of drug-likeness (QED) is 0.764. The van der Waals surface area contributed by atoms with Crippen LogP contribution in [0.4, 0.5) is 0 Å². The summed E-state index contributed by atoms with van der Waals surface area (Å²) in [5, 5.41) is 8.25. The number of benzene rings is 1. The third kappa shape index (κ3) is 2.73. The predicted octanol–water partition coefficient (Wildman–Crippen LogP) is 1.65. The number of carbonyl (C=O) groups is 1. The maximum atomic E-state index is 12.4. The lowest BCUT2D eigenvalue weighted by Gasteiger charge is -2.21. The van der Waals surface area contributed by atoms with Crippen LogP contribution < -0.4 is 10.1 Å². The lowest BCUT2D eigenvalue weighted by molar-refractivity contribution is -0.126. The Balaban J connectivity index is 1.40. The van der Waals surface area contributed by atoms with E-state index in [0.29, 0.717) is 13.1 Å². The second kappa shape index (κ2) is 5.99. The summed E-state index contributed by atoms with van der Waals surface area (Å²) in [6.45, 7) is 1.08. The fourth-order valence-electron chi connectivity index (χ4n) is 3.17. The number of nitrogens with one attached hydrogen (secondary N) is 2. The summed E-state index contributed by atoms with van der Waals surface area (Å²) in [6.07, 6.45) is 3.16. The smallest absolute Gasteiger partial charge is 0.225 e. The molecule has 3 heterocycles. The van der Waals surface area contributed by atoms with Crippen molar-refractivity contribution in [2.45, 2.75) is 25.9 Å². The Morgan fingerprint density at radius 3 is 3.25 bits per heavy atom. The number of ether oxygens (including phenoxy) is 1. The van der Waals surface area contributed by atoms with Gasteiger partial charge in [-0.25, -0.2) is 9.67 Å². The van der Waals surface area contributed by atoms with Crippen molar-refractivity contribution in [2.24, 2.45) is 5.92 Å². The first kappa shape index (κ1) is 14.7. The molecule has 1 aromatic carbocycles. The SMILES string of the molecule is COc1ccc2[nH]c(CNC(=O)C3CCc4ncnn4C3)cc2c1. The summed E-state index contributed by atoms with van der Waals surface area (Å²) in [7, 11) is 1.65. The number of amides is 1. The van der Waals surface area contributed by atoms with E-state index < -0.39 is 0 Å². The molecule has 1 atom stereocenters. The molecule has 2 N–H and O–H groups in total. The third-order valence-corrected chi connectivity index (χ3v) is 4.51. The summed E-state index contributed by atoms with van der Waals surface area (Å²) in [6, 6.07) is 7.91. The number of methoxy groups -OCH3 is 1. The maximum absolute atomic E-state index is 12.4. The zero-order valence-corrected chi connectivity index (χ0v) is 13.5. The van der Waals surface area contributed by atoms with E-state index in [4.69, 9.17) is 4.74 Å². The average molecular weight is 325 g/mol. The van der Waals surface area contributed by atoms with Crippen LogP contribution in [0.1, 0.15) is 17.9 Å². The van der Waals surface area contributed by atoms with Crippen molar-refractivity contribution in [3.63, 3.8) is 0 Å². The molecule has 0 spiro atoms. The molecular formula is C17H19N5O2. The number of fused-ring (bicyclic) bond motifs is 2. The van der Waals surface area contributed by atoms with E-state index >= 15 is 0 Å². The van der Waals surface area contributed by atoms with E-state index in [2.05, 4.69) is 20.4 Å². The van der Waals surface area contributed by atoms with Crippen LogP contribution in [0, 0.1) is 5.92 Å². The van der Waals surface area contributed by atoms with Crippen molar-refractivity contribution in [1.29, 1.82) is 0 Å². The lowest BCUT2D eigenvalue weighted by Crippen LogP contribution is -2.36. The van der Waals surface area contributed by atoms with Crippen LogP contribution >= 0.6 is 0 Å². The Kier molecular flexibility index (Phi) is 3.68. The Morgan fingerprint density at radius 1 is 1.46 bits per heavy atom. The van der Waals surface area contributed by atoms with Gasteiger partial charge in [-0.05, 0) is 30.7 Å². The van der Waals surface area contributed by atoms with Gasteiger partial charge >= 0.3 is 0 Å². The van der Waals surface area contributed by atoms with E-state index in [1.165, 1.54) is 0 Å². The Morgan fingerprint density at radius 2 is 2.38 bits per heavy atom. The first-order valence-corrected chi connectivity index (χ1v) is 8.03. The van der Waals surface area contributed by atoms with Crippen molar-refractivity contribution in [3.05, 3.63) is 42.1 Å². The van der Waals surface area contributed by atoms with Gasteiger partial charge in [0, 0.05) is 23.0 Å². The summed E-state index contributed by atoms with van der Waals surface area (Å²) >= 11 is 0. The molecule has 7 heteroatoms. The second-order valence-electron chi connectivity index (χ2n) is 6.06. The lowest BCUT2D eigenvalue weighted by atomic mass is 9.99. The van der Waals surface area contributed by atoms with Gasteiger partial charge in [0.15, 0.2) is 0 Å². The molecule has 3 aromatic rings. The molecule has 0 radical (unpaired) electrons. The number of H-pyrrole nitrogens is 1. The van der Waals surface area contributed by atoms with Gasteiger partial charge in [-0.3, -0.25) is 4.79 Å². The van der Waals surface area contributed by atoms with Gasteiger partial charge in [-0.15, -0.1) is 0 Å². The van der Waals surface area contributed by atoms with Crippen molar-refractivity contribution < 1.29 is 9.53 Å². The molecule has 24 heavy (non-hydrogen) atoms. The summed E-state index contributed by atoms with van der Waals surface area (Å²) in [4.78, 5) is 19.9. The van der Waals surface area contributed by atoms with E-state index in [-0.39, 0.29) is 11.8 Å². The largest absolute Gasteiger partial charge is 0.497 e. The van der Waals surface area contributed by atoms with Crippen LogP contribution in [0.5, 0.6) is 5.75 Å². The third-order valence-electron chi connectivity index (χ3n) is 4.51. The number of hydrogen-bond acceptors (Lipinski definition) is 4. The topological polar surface area (TPSA) is 84.8 Å². The number of aromatic nitrogens is 4. The minimum atomic E-state index is -0.0522. The van der Waals surface area contributed by atoms with Crippen LogP contribution in [0.3, 0.4) is 0 Å². The highest BCUT2D eigenvalue weighted by atomic mass is 16.5. The first-order valence-electron chi connectivity index (χ1n) is 8.03. The van der Waals surface area contributed by atoms with Gasteiger partial charge in [0.05, 0.1) is 26.1 Å². The number of nitrogens with zero attached hydrogens (tertiary/aromatic N) is 3. The number of aromatic amines is 1. The molecular weight excluding hydrogens is 306 g/mol. The molecule has 1 amide bonds. The zero-order valence-electron chi connectivity index (χ0n) is 13.5. The van der Waals surface area contributed by atoms with Crippen LogP contribution in [0.25, 0.3) is 10.9 Å². The molecule has 0 aliphatic carbocycles. The number of hydrogen-bond donors (Lipinski definition) is 2. The van der Waals surface area contributed by atoms with Crippen LogP contribution in [-0.4, -0.2) is 32.8 Å². The highest BCUT2D eigenvalue weighted by Crippen LogP contribution is 2.22. The van der Waals surface area contributed by atoms with E-state index in [1.54, 1.807) is 13.4 Å². The van der Waals surface area contributed by atoms with Crippen molar-refractivity contribution >= 4 is 16.8 Å². The number of rotatable bonds is 4. The summed E-state index contributed by atoms with van der Waals surface area (Å²) < 4.78 is 7.06.